The minimum Gasteiger partial charge on any atom is -0.333 e. The van der Waals surface area contributed by atoms with E-state index in [2.05, 4.69) is 9.97 Å². The molecule has 3 aromatic rings. The molecule has 29 heavy (non-hydrogen) atoms. The van der Waals surface area contributed by atoms with Gasteiger partial charge < -0.3 is 9.88 Å². The van der Waals surface area contributed by atoms with Gasteiger partial charge in [-0.1, -0.05) is 12.1 Å². The zero-order valence-electron chi connectivity index (χ0n) is 16.2. The molecule has 2 unspecified atom stereocenters. The third-order valence-corrected chi connectivity index (χ3v) is 6.38. The number of fused-ring (bicyclic) bond motifs is 3. The molecule has 2 saturated heterocycles. The molecule has 148 valence electrons. The first-order valence-corrected chi connectivity index (χ1v) is 10.1. The minimum absolute atomic E-state index is 0.0108. The van der Waals surface area contributed by atoms with Crippen LogP contribution < -0.4 is 5.56 Å². The van der Waals surface area contributed by atoms with Gasteiger partial charge in [0.15, 0.2) is 0 Å². The Balaban J connectivity index is 1.42. The summed E-state index contributed by atoms with van der Waals surface area (Å²) in [6.45, 7) is 1.73. The molecule has 3 heterocycles. The highest BCUT2D eigenvalue weighted by atomic mass is 19.1. The first-order chi connectivity index (χ1) is 14.0. The highest BCUT2D eigenvalue weighted by molar-refractivity contribution is 5.98. The van der Waals surface area contributed by atoms with Crippen molar-refractivity contribution < 1.29 is 9.18 Å². The quantitative estimate of drug-likeness (QED) is 0.720. The molecule has 2 bridgehead atoms. The number of aromatic amines is 1. The van der Waals surface area contributed by atoms with Gasteiger partial charge in [0.25, 0.3) is 11.5 Å². The molecule has 0 aliphatic carbocycles. The topological polar surface area (TPSA) is 66.1 Å². The summed E-state index contributed by atoms with van der Waals surface area (Å²) < 4.78 is 13.3. The largest absolute Gasteiger partial charge is 0.333 e. The maximum atomic E-state index is 13.3. The van der Waals surface area contributed by atoms with Crippen LogP contribution in [0.1, 0.15) is 53.3 Å². The molecule has 6 heteroatoms. The summed E-state index contributed by atoms with van der Waals surface area (Å²) in [7, 11) is 0. The van der Waals surface area contributed by atoms with Crippen LogP contribution in [0.4, 0.5) is 4.39 Å². The number of halogens is 1. The molecule has 0 saturated carbocycles. The Hall–Kier alpha value is -3.02. The summed E-state index contributed by atoms with van der Waals surface area (Å²) in [6, 6.07) is 12.3. The van der Waals surface area contributed by atoms with Crippen molar-refractivity contribution in [1.82, 2.24) is 14.9 Å². The molecular formula is C23H22FN3O2. The normalized spacial score (nSPS) is 23.5. The van der Waals surface area contributed by atoms with E-state index in [4.69, 9.17) is 0 Å². The predicted octanol–water partition coefficient (Wildman–Crippen LogP) is 3.92. The van der Waals surface area contributed by atoms with Gasteiger partial charge in [0, 0.05) is 17.6 Å². The van der Waals surface area contributed by atoms with E-state index in [0.717, 1.165) is 31.2 Å². The second kappa shape index (κ2) is 6.79. The van der Waals surface area contributed by atoms with E-state index < -0.39 is 0 Å². The van der Waals surface area contributed by atoms with E-state index in [1.807, 2.05) is 17.0 Å². The van der Waals surface area contributed by atoms with E-state index in [1.165, 1.54) is 12.1 Å². The van der Waals surface area contributed by atoms with Crippen LogP contribution in [0.25, 0.3) is 10.9 Å². The van der Waals surface area contributed by atoms with Gasteiger partial charge in [0.1, 0.15) is 11.6 Å². The van der Waals surface area contributed by atoms with E-state index >= 15 is 0 Å². The molecule has 0 spiro atoms. The molecular weight excluding hydrogens is 369 g/mol. The Bertz CT molecular complexity index is 1140. The summed E-state index contributed by atoms with van der Waals surface area (Å²) in [4.78, 5) is 34.5. The van der Waals surface area contributed by atoms with Crippen LogP contribution in [0, 0.1) is 12.7 Å². The number of rotatable bonds is 2. The molecule has 2 fully saturated rings. The van der Waals surface area contributed by atoms with Crippen LogP contribution in [0.2, 0.25) is 0 Å². The number of hydrogen-bond acceptors (Lipinski definition) is 3. The number of aromatic nitrogens is 2. The number of H-pyrrole nitrogens is 1. The lowest BCUT2D eigenvalue weighted by molar-refractivity contribution is 0.0571. The third kappa shape index (κ3) is 3.12. The van der Waals surface area contributed by atoms with Crippen molar-refractivity contribution in [3.05, 3.63) is 75.6 Å². The molecule has 2 aliphatic heterocycles. The maximum Gasteiger partial charge on any atom is 0.258 e. The average molecular weight is 391 g/mol. The van der Waals surface area contributed by atoms with Crippen LogP contribution in [0.15, 0.2) is 47.3 Å². The molecule has 2 aromatic carbocycles. The van der Waals surface area contributed by atoms with Gasteiger partial charge in [-0.05, 0) is 74.4 Å². The standard InChI is InChI=1S/C23H22FN3O2/c1-13-25-21-12-15(4-9-20(21)22(28)26-13)23(29)27-18-7-8-19(27)11-16(10-18)14-2-5-17(24)6-3-14/h2-6,9,12,16,18-19H,7-8,10-11H2,1H3,(H,25,26,28). The Labute approximate surface area is 167 Å². The number of nitrogens with one attached hydrogen (secondary N) is 1. The van der Waals surface area contributed by atoms with E-state index in [-0.39, 0.29) is 29.4 Å². The van der Waals surface area contributed by atoms with E-state index in [1.54, 1.807) is 25.1 Å². The van der Waals surface area contributed by atoms with E-state index in [9.17, 15) is 14.0 Å². The monoisotopic (exact) mass is 391 g/mol. The van der Waals surface area contributed by atoms with Crippen LogP contribution >= 0.6 is 0 Å². The summed E-state index contributed by atoms with van der Waals surface area (Å²) in [6.07, 6.45) is 3.80. The number of piperidine rings is 1. The Morgan fingerprint density at radius 2 is 1.79 bits per heavy atom. The van der Waals surface area contributed by atoms with Crippen molar-refractivity contribution in [3.63, 3.8) is 0 Å². The maximum absolute atomic E-state index is 13.3. The van der Waals surface area contributed by atoms with E-state index in [0.29, 0.717) is 28.2 Å². The Morgan fingerprint density at radius 1 is 1.10 bits per heavy atom. The van der Waals surface area contributed by atoms with Crippen molar-refractivity contribution in [3.8, 4) is 0 Å². The highest BCUT2D eigenvalue weighted by Gasteiger charge is 2.43. The van der Waals surface area contributed by atoms with Crippen LogP contribution in [-0.4, -0.2) is 32.9 Å². The van der Waals surface area contributed by atoms with Gasteiger partial charge in [-0.3, -0.25) is 9.59 Å². The molecule has 0 radical (unpaired) electrons. The number of hydrogen-bond donors (Lipinski definition) is 1. The van der Waals surface area contributed by atoms with Crippen molar-refractivity contribution in [2.75, 3.05) is 0 Å². The summed E-state index contributed by atoms with van der Waals surface area (Å²) in [5.74, 6) is 0.684. The van der Waals surface area contributed by atoms with Crippen molar-refractivity contribution in [2.24, 2.45) is 0 Å². The molecule has 2 aliphatic rings. The minimum atomic E-state index is -0.219. The van der Waals surface area contributed by atoms with Gasteiger partial charge in [-0.2, -0.15) is 0 Å². The van der Waals surface area contributed by atoms with Gasteiger partial charge in [0.2, 0.25) is 0 Å². The third-order valence-electron chi connectivity index (χ3n) is 6.38. The molecule has 1 N–H and O–H groups in total. The fourth-order valence-electron chi connectivity index (χ4n) is 5.05. The SMILES string of the molecule is Cc1nc2cc(C(=O)N3C4CCC3CC(c3ccc(F)cc3)C4)ccc2c(=O)[nH]1. The zero-order chi connectivity index (χ0) is 20.1. The highest BCUT2D eigenvalue weighted by Crippen LogP contribution is 2.43. The lowest BCUT2D eigenvalue weighted by Crippen LogP contribution is -2.46. The average Bonchev–Trinajstić information content (AvgIpc) is 2.96. The molecule has 5 nitrogen and oxygen atoms in total. The number of carbonyl (C=O) groups excluding carboxylic acids is 1. The number of benzene rings is 2. The van der Waals surface area contributed by atoms with Crippen LogP contribution in [-0.2, 0) is 0 Å². The zero-order valence-corrected chi connectivity index (χ0v) is 16.2. The van der Waals surface area contributed by atoms with Gasteiger partial charge in [0.05, 0.1) is 10.9 Å². The van der Waals surface area contributed by atoms with Crippen LogP contribution in [0.5, 0.6) is 0 Å². The lowest BCUT2D eigenvalue weighted by Gasteiger charge is -2.39. The number of carbonyl (C=O) groups is 1. The molecule has 5 rings (SSSR count). The molecule has 1 aromatic heterocycles. The fraction of sp³-hybridized carbons (Fsp3) is 0.348. The Kier molecular flexibility index (Phi) is 4.23. The molecule has 1 amide bonds. The Morgan fingerprint density at radius 3 is 2.48 bits per heavy atom. The predicted molar refractivity (Wildman–Crippen MR) is 108 cm³/mol. The van der Waals surface area contributed by atoms with Gasteiger partial charge >= 0.3 is 0 Å². The summed E-state index contributed by atoms with van der Waals surface area (Å²) >= 11 is 0. The first kappa shape index (κ1) is 18.0. The second-order valence-corrected chi connectivity index (χ2v) is 8.20. The van der Waals surface area contributed by atoms with Gasteiger partial charge in [-0.25, -0.2) is 9.37 Å². The lowest BCUT2D eigenvalue weighted by atomic mass is 9.85. The number of nitrogens with zero attached hydrogens (tertiary/aromatic N) is 2. The van der Waals surface area contributed by atoms with Crippen molar-refractivity contribution in [1.29, 1.82) is 0 Å². The van der Waals surface area contributed by atoms with Crippen molar-refractivity contribution >= 4 is 16.8 Å². The first-order valence-electron chi connectivity index (χ1n) is 10.1. The number of aryl methyl sites for hydroxylation is 1. The second-order valence-electron chi connectivity index (χ2n) is 8.20. The number of amides is 1. The summed E-state index contributed by atoms with van der Waals surface area (Å²) in [5, 5.41) is 0.491. The van der Waals surface area contributed by atoms with Crippen LogP contribution in [0.3, 0.4) is 0 Å². The summed E-state index contributed by atoms with van der Waals surface area (Å²) in [5.41, 5.74) is 2.09. The fourth-order valence-corrected chi connectivity index (χ4v) is 5.05. The van der Waals surface area contributed by atoms with Crippen molar-refractivity contribution in [2.45, 2.75) is 50.6 Å². The smallest absolute Gasteiger partial charge is 0.258 e. The molecule has 2 atom stereocenters. The van der Waals surface area contributed by atoms with Gasteiger partial charge in [-0.15, -0.1) is 0 Å².